The quantitative estimate of drug-likeness (QED) is 0.797. The van der Waals surface area contributed by atoms with Gasteiger partial charge in [-0.1, -0.05) is 0 Å². The molecule has 0 bridgehead atoms. The van der Waals surface area contributed by atoms with Crippen LogP contribution in [0, 0.1) is 6.92 Å². The second-order valence-electron chi connectivity index (χ2n) is 6.37. The molecule has 1 aliphatic rings. The summed E-state index contributed by atoms with van der Waals surface area (Å²) in [6.45, 7) is 3.31. The van der Waals surface area contributed by atoms with E-state index in [0.717, 1.165) is 34.3 Å². The highest BCUT2D eigenvalue weighted by molar-refractivity contribution is 6.01. The molecule has 1 fully saturated rings. The number of alkyl halides is 3. The maximum absolute atomic E-state index is 12.4. The van der Waals surface area contributed by atoms with Gasteiger partial charge in [0, 0.05) is 37.3 Å². The Kier molecular flexibility index (Phi) is 3.52. The number of hydrogen-bond donors (Lipinski definition) is 1. The summed E-state index contributed by atoms with van der Waals surface area (Å²) in [6, 6.07) is 2.11. The van der Waals surface area contributed by atoms with Crippen molar-refractivity contribution in [3.8, 4) is 0 Å². The minimum atomic E-state index is -4.10. The molecule has 128 valence electrons. The fourth-order valence-corrected chi connectivity index (χ4v) is 3.67. The molecule has 0 aliphatic carbocycles. The predicted octanol–water partition coefficient (Wildman–Crippen LogP) is 3.42. The number of aromatic amines is 1. The molecule has 3 aromatic rings. The Labute approximate surface area is 136 Å². The highest BCUT2D eigenvalue weighted by Crippen LogP contribution is 2.32. The van der Waals surface area contributed by atoms with Gasteiger partial charge < -0.3 is 14.5 Å². The fourth-order valence-electron chi connectivity index (χ4n) is 3.67. The third-order valence-electron chi connectivity index (χ3n) is 4.73. The minimum absolute atomic E-state index is 0.0623. The number of aromatic nitrogens is 4. The number of halogens is 3. The van der Waals surface area contributed by atoms with E-state index < -0.39 is 12.6 Å². The molecule has 0 amide bonds. The van der Waals surface area contributed by atoms with Crippen molar-refractivity contribution in [2.75, 3.05) is 19.6 Å². The van der Waals surface area contributed by atoms with E-state index in [1.54, 1.807) is 6.20 Å². The molecule has 1 saturated heterocycles. The van der Waals surface area contributed by atoms with Gasteiger partial charge in [-0.05, 0) is 19.4 Å². The van der Waals surface area contributed by atoms with Gasteiger partial charge in [0.15, 0.2) is 0 Å². The number of pyridine rings is 1. The van der Waals surface area contributed by atoms with Crippen molar-refractivity contribution < 1.29 is 13.2 Å². The van der Waals surface area contributed by atoms with Crippen molar-refractivity contribution in [3.63, 3.8) is 0 Å². The third-order valence-corrected chi connectivity index (χ3v) is 4.73. The zero-order chi connectivity index (χ0) is 16.9. The lowest BCUT2D eigenvalue weighted by molar-refractivity contribution is -0.137. The van der Waals surface area contributed by atoms with Gasteiger partial charge in [0.25, 0.3) is 0 Å². The Morgan fingerprint density at radius 3 is 3.00 bits per heavy atom. The van der Waals surface area contributed by atoms with Crippen molar-refractivity contribution in [3.05, 3.63) is 24.3 Å². The van der Waals surface area contributed by atoms with E-state index in [-0.39, 0.29) is 12.6 Å². The van der Waals surface area contributed by atoms with Gasteiger partial charge in [0.05, 0.1) is 18.1 Å². The van der Waals surface area contributed by atoms with E-state index in [9.17, 15) is 13.2 Å². The molecule has 1 atom stereocenters. The zero-order valence-electron chi connectivity index (χ0n) is 13.3. The molecule has 0 saturated carbocycles. The van der Waals surface area contributed by atoms with Crippen LogP contribution in [-0.2, 0) is 0 Å². The molecule has 1 N–H and O–H groups in total. The minimum Gasteiger partial charge on any atom is -0.346 e. The molecule has 1 unspecified atom stereocenters. The van der Waals surface area contributed by atoms with Crippen LogP contribution in [0.3, 0.4) is 0 Å². The van der Waals surface area contributed by atoms with Crippen molar-refractivity contribution in [1.82, 2.24) is 24.4 Å². The maximum Gasteiger partial charge on any atom is 0.390 e. The summed E-state index contributed by atoms with van der Waals surface area (Å²) in [4.78, 5) is 13.9. The summed E-state index contributed by atoms with van der Waals surface area (Å²) in [5.74, 6) is 0.878. The lowest BCUT2D eigenvalue weighted by Gasteiger charge is -2.19. The standard InChI is InChI=1S/C16H18F3N5/c1-10-22-13-8-21-15-12(2-5-20-15)14(13)24(10)11-3-6-23(9-11)7-4-16(17,18)19/h2,5,8,11H,3-4,6-7,9H2,1H3,(H,20,21). The average molecular weight is 337 g/mol. The van der Waals surface area contributed by atoms with E-state index in [1.807, 2.05) is 24.1 Å². The number of likely N-dealkylation sites (tertiary alicyclic amines) is 1. The molecule has 4 rings (SSSR count). The summed E-state index contributed by atoms with van der Waals surface area (Å²) >= 11 is 0. The predicted molar refractivity (Wildman–Crippen MR) is 84.9 cm³/mol. The van der Waals surface area contributed by atoms with E-state index in [4.69, 9.17) is 0 Å². The van der Waals surface area contributed by atoms with Crippen molar-refractivity contribution >= 4 is 22.1 Å². The van der Waals surface area contributed by atoms with Gasteiger partial charge in [-0.2, -0.15) is 13.2 Å². The van der Waals surface area contributed by atoms with Gasteiger partial charge in [-0.15, -0.1) is 0 Å². The first-order valence-electron chi connectivity index (χ1n) is 8.02. The Hall–Kier alpha value is -2.09. The first kappa shape index (κ1) is 15.4. The number of nitrogens with zero attached hydrogens (tertiary/aromatic N) is 4. The highest BCUT2D eigenvalue weighted by atomic mass is 19.4. The van der Waals surface area contributed by atoms with Crippen molar-refractivity contribution in [1.29, 1.82) is 0 Å². The lowest BCUT2D eigenvalue weighted by atomic mass is 10.2. The average Bonchev–Trinajstić information content (AvgIpc) is 3.20. The Morgan fingerprint density at radius 2 is 2.21 bits per heavy atom. The fraction of sp³-hybridized carbons (Fsp3) is 0.500. The van der Waals surface area contributed by atoms with Crippen LogP contribution in [0.25, 0.3) is 22.1 Å². The van der Waals surface area contributed by atoms with Crippen LogP contribution in [0.1, 0.15) is 24.7 Å². The molecular weight excluding hydrogens is 319 g/mol. The smallest absolute Gasteiger partial charge is 0.346 e. The molecule has 24 heavy (non-hydrogen) atoms. The van der Waals surface area contributed by atoms with Crippen molar-refractivity contribution in [2.45, 2.75) is 32.0 Å². The number of H-pyrrole nitrogens is 1. The number of nitrogens with one attached hydrogen (secondary N) is 1. The topological polar surface area (TPSA) is 49.7 Å². The molecule has 4 heterocycles. The zero-order valence-corrected chi connectivity index (χ0v) is 13.3. The van der Waals surface area contributed by atoms with E-state index in [0.29, 0.717) is 13.1 Å². The molecule has 0 aromatic carbocycles. The number of hydrogen-bond acceptors (Lipinski definition) is 3. The highest BCUT2D eigenvalue weighted by Gasteiger charge is 2.32. The van der Waals surface area contributed by atoms with Crippen LogP contribution in [0.4, 0.5) is 13.2 Å². The Morgan fingerprint density at radius 1 is 1.38 bits per heavy atom. The molecule has 0 spiro atoms. The maximum atomic E-state index is 12.4. The van der Waals surface area contributed by atoms with Gasteiger partial charge in [-0.3, -0.25) is 0 Å². The summed E-state index contributed by atoms with van der Waals surface area (Å²) in [6.07, 6.45) is -0.436. The molecule has 8 heteroatoms. The molecule has 5 nitrogen and oxygen atoms in total. The van der Waals surface area contributed by atoms with E-state index in [1.165, 1.54) is 0 Å². The number of aryl methyl sites for hydroxylation is 1. The number of imidazole rings is 1. The number of fused-ring (bicyclic) bond motifs is 3. The van der Waals surface area contributed by atoms with Crippen LogP contribution < -0.4 is 0 Å². The molecule has 0 radical (unpaired) electrons. The van der Waals surface area contributed by atoms with E-state index >= 15 is 0 Å². The molecular formula is C16H18F3N5. The van der Waals surface area contributed by atoms with Gasteiger partial charge in [0.2, 0.25) is 0 Å². The van der Waals surface area contributed by atoms with Crippen LogP contribution in [0.5, 0.6) is 0 Å². The summed E-state index contributed by atoms with van der Waals surface area (Å²) < 4.78 is 39.5. The number of rotatable bonds is 3. The summed E-state index contributed by atoms with van der Waals surface area (Å²) in [5, 5.41) is 1.00. The first-order valence-corrected chi connectivity index (χ1v) is 8.02. The first-order chi connectivity index (χ1) is 11.4. The van der Waals surface area contributed by atoms with Crippen molar-refractivity contribution in [2.24, 2.45) is 0 Å². The largest absolute Gasteiger partial charge is 0.390 e. The van der Waals surface area contributed by atoms with E-state index in [2.05, 4.69) is 19.5 Å². The Balaban J connectivity index is 1.65. The second-order valence-corrected chi connectivity index (χ2v) is 6.37. The normalized spacial score (nSPS) is 19.8. The second kappa shape index (κ2) is 5.47. The Bertz CT molecular complexity index is 879. The SMILES string of the molecule is Cc1nc2cnc3[nH]ccc3c2n1C1CCN(CCC(F)(F)F)C1. The summed E-state index contributed by atoms with van der Waals surface area (Å²) in [5.41, 5.74) is 2.64. The van der Waals surface area contributed by atoms with Crippen LogP contribution in [0.15, 0.2) is 18.5 Å². The summed E-state index contributed by atoms with van der Waals surface area (Å²) in [7, 11) is 0. The van der Waals surface area contributed by atoms with Crippen LogP contribution in [0.2, 0.25) is 0 Å². The van der Waals surface area contributed by atoms with Gasteiger partial charge in [-0.25, -0.2) is 9.97 Å². The van der Waals surface area contributed by atoms with Crippen LogP contribution >= 0.6 is 0 Å². The van der Waals surface area contributed by atoms with Gasteiger partial charge >= 0.3 is 6.18 Å². The van der Waals surface area contributed by atoms with Crippen LogP contribution in [-0.4, -0.2) is 50.2 Å². The molecule has 1 aliphatic heterocycles. The monoisotopic (exact) mass is 337 g/mol. The molecule has 3 aromatic heterocycles. The van der Waals surface area contributed by atoms with Gasteiger partial charge in [0.1, 0.15) is 17.0 Å². The lowest BCUT2D eigenvalue weighted by Crippen LogP contribution is -2.26. The third kappa shape index (κ3) is 2.64.